The molecule has 174 valence electrons. The molecule has 2 unspecified atom stereocenters. The molecule has 1 aromatic carbocycles. The van der Waals surface area contributed by atoms with E-state index in [1.54, 1.807) is 12.3 Å². The van der Waals surface area contributed by atoms with E-state index in [9.17, 15) is 8.78 Å². The van der Waals surface area contributed by atoms with Crippen molar-refractivity contribution in [2.24, 2.45) is 10.9 Å². The number of rotatable bonds is 8. The highest BCUT2D eigenvalue weighted by Crippen LogP contribution is 2.26. The molecule has 2 aliphatic rings. The van der Waals surface area contributed by atoms with Crippen LogP contribution in [0.5, 0.6) is 0 Å². The van der Waals surface area contributed by atoms with Crippen LogP contribution in [0.3, 0.4) is 0 Å². The van der Waals surface area contributed by atoms with Crippen molar-refractivity contribution in [3.63, 3.8) is 0 Å². The third-order valence-electron chi connectivity index (χ3n) is 6.33. The van der Waals surface area contributed by atoms with Crippen molar-refractivity contribution in [2.75, 3.05) is 50.7 Å². The van der Waals surface area contributed by atoms with Gasteiger partial charge in [-0.15, -0.1) is 0 Å². The molecule has 2 atom stereocenters. The Hall–Kier alpha value is -2.61. The van der Waals surface area contributed by atoms with Gasteiger partial charge in [-0.1, -0.05) is 0 Å². The van der Waals surface area contributed by atoms with Gasteiger partial charge >= 0.3 is 0 Å². The first-order chi connectivity index (χ1) is 15.6. The number of benzene rings is 1. The van der Waals surface area contributed by atoms with E-state index in [1.165, 1.54) is 25.0 Å². The second-order valence-electron chi connectivity index (χ2n) is 8.57. The lowest BCUT2D eigenvalue weighted by atomic mass is 10.1. The first-order valence-corrected chi connectivity index (χ1v) is 11.6. The zero-order valence-corrected chi connectivity index (χ0v) is 18.7. The highest BCUT2D eigenvalue weighted by atomic mass is 19.2. The summed E-state index contributed by atoms with van der Waals surface area (Å²) < 4.78 is 32.5. The Kier molecular flexibility index (Phi) is 7.63. The topological polar surface area (TPSA) is 56.0 Å². The first kappa shape index (κ1) is 22.6. The monoisotopic (exact) mass is 445 g/mol. The first-order valence-electron chi connectivity index (χ1n) is 11.6. The van der Waals surface area contributed by atoms with Gasteiger partial charge in [0.2, 0.25) is 0 Å². The Morgan fingerprint density at radius 3 is 2.72 bits per heavy atom. The summed E-state index contributed by atoms with van der Waals surface area (Å²) in [6.45, 7) is 8.05. The molecular formula is C24H33F2N5O. The van der Waals surface area contributed by atoms with Gasteiger partial charge in [-0.25, -0.2) is 8.78 Å². The molecule has 3 heterocycles. The summed E-state index contributed by atoms with van der Waals surface area (Å²) in [5, 5.41) is 6.81. The number of hydrogen-bond acceptors (Lipinski definition) is 4. The van der Waals surface area contributed by atoms with Crippen LogP contribution in [-0.4, -0.2) is 56.7 Å². The molecule has 2 fully saturated rings. The van der Waals surface area contributed by atoms with Gasteiger partial charge in [0.25, 0.3) is 0 Å². The summed E-state index contributed by atoms with van der Waals surface area (Å²) in [5.41, 5.74) is 0.735. The Labute approximate surface area is 188 Å². The number of furan rings is 1. The van der Waals surface area contributed by atoms with Crippen molar-refractivity contribution in [1.82, 2.24) is 15.5 Å². The van der Waals surface area contributed by atoms with Gasteiger partial charge in [0.1, 0.15) is 5.76 Å². The Morgan fingerprint density at radius 1 is 1.16 bits per heavy atom. The predicted molar refractivity (Wildman–Crippen MR) is 123 cm³/mol. The lowest BCUT2D eigenvalue weighted by Gasteiger charge is -2.25. The third kappa shape index (κ3) is 5.59. The second-order valence-corrected chi connectivity index (χ2v) is 8.57. The Morgan fingerprint density at radius 2 is 2.00 bits per heavy atom. The zero-order chi connectivity index (χ0) is 22.3. The lowest BCUT2D eigenvalue weighted by Crippen LogP contribution is -2.41. The average molecular weight is 446 g/mol. The fourth-order valence-corrected chi connectivity index (χ4v) is 4.60. The van der Waals surface area contributed by atoms with Gasteiger partial charge in [0.15, 0.2) is 17.6 Å². The minimum Gasteiger partial charge on any atom is -0.468 e. The number of halogens is 2. The van der Waals surface area contributed by atoms with Crippen LogP contribution in [-0.2, 0) is 0 Å². The van der Waals surface area contributed by atoms with E-state index in [0.29, 0.717) is 12.5 Å². The normalized spacial score (nSPS) is 20.7. The molecule has 32 heavy (non-hydrogen) atoms. The summed E-state index contributed by atoms with van der Waals surface area (Å²) in [4.78, 5) is 9.42. The number of nitrogens with zero attached hydrogens (tertiary/aromatic N) is 3. The summed E-state index contributed by atoms with van der Waals surface area (Å²) in [5.74, 6) is 0.569. The van der Waals surface area contributed by atoms with Crippen LogP contribution in [0, 0.1) is 17.6 Å². The predicted octanol–water partition coefficient (Wildman–Crippen LogP) is 3.78. The second kappa shape index (κ2) is 10.8. The molecule has 0 aliphatic carbocycles. The maximum absolute atomic E-state index is 13.6. The largest absolute Gasteiger partial charge is 0.468 e. The van der Waals surface area contributed by atoms with Gasteiger partial charge in [0, 0.05) is 37.9 Å². The van der Waals surface area contributed by atoms with E-state index in [0.717, 1.165) is 63.1 Å². The van der Waals surface area contributed by atoms with Crippen LogP contribution in [0.15, 0.2) is 46.0 Å². The molecule has 2 saturated heterocycles. The summed E-state index contributed by atoms with van der Waals surface area (Å²) >= 11 is 0. The van der Waals surface area contributed by atoms with Gasteiger partial charge in [-0.05, 0) is 69.5 Å². The molecule has 1 aromatic heterocycles. The van der Waals surface area contributed by atoms with Crippen molar-refractivity contribution in [1.29, 1.82) is 0 Å². The molecule has 0 bridgehead atoms. The van der Waals surface area contributed by atoms with Crippen molar-refractivity contribution in [3.8, 4) is 0 Å². The molecule has 2 N–H and O–H groups in total. The summed E-state index contributed by atoms with van der Waals surface area (Å²) in [6.07, 6.45) is 5.16. The number of anilines is 1. The molecule has 0 amide bonds. The molecular weight excluding hydrogens is 412 g/mol. The van der Waals surface area contributed by atoms with Gasteiger partial charge in [-0.3, -0.25) is 9.89 Å². The molecule has 8 heteroatoms. The lowest BCUT2D eigenvalue weighted by molar-refractivity contribution is 0.221. The van der Waals surface area contributed by atoms with Crippen LogP contribution in [0.4, 0.5) is 14.5 Å². The SMILES string of the molecule is CCNC(=NCC(c1ccco1)N1CCCC1)NCC1CCN(c2ccc(F)c(F)c2)C1. The van der Waals surface area contributed by atoms with E-state index in [2.05, 4.69) is 27.4 Å². The van der Waals surface area contributed by atoms with Crippen LogP contribution in [0.1, 0.15) is 38.0 Å². The third-order valence-corrected chi connectivity index (χ3v) is 6.33. The zero-order valence-electron chi connectivity index (χ0n) is 18.7. The van der Waals surface area contributed by atoms with Crippen LogP contribution in [0.2, 0.25) is 0 Å². The standard InChI is InChI=1S/C24H33F2N5O/c1-2-27-24(29-16-22(23-6-5-13-32-23)30-10-3-4-11-30)28-15-18-9-12-31(17-18)19-7-8-20(25)21(26)14-19/h5-8,13-14,18,22H,2-4,9-12,15-17H2,1H3,(H2,27,28,29). The maximum Gasteiger partial charge on any atom is 0.191 e. The fourth-order valence-electron chi connectivity index (χ4n) is 4.60. The van der Waals surface area contributed by atoms with E-state index in [4.69, 9.17) is 9.41 Å². The molecule has 6 nitrogen and oxygen atoms in total. The van der Waals surface area contributed by atoms with E-state index < -0.39 is 11.6 Å². The minimum atomic E-state index is -0.806. The van der Waals surface area contributed by atoms with E-state index >= 15 is 0 Å². The van der Waals surface area contributed by atoms with Crippen molar-refractivity contribution < 1.29 is 13.2 Å². The molecule has 4 rings (SSSR count). The van der Waals surface area contributed by atoms with Crippen molar-refractivity contribution in [2.45, 2.75) is 32.2 Å². The molecule has 2 aromatic rings. The van der Waals surface area contributed by atoms with Gasteiger partial charge in [0.05, 0.1) is 18.8 Å². The Bertz CT molecular complexity index is 883. The van der Waals surface area contributed by atoms with Crippen LogP contribution < -0.4 is 15.5 Å². The smallest absolute Gasteiger partial charge is 0.191 e. The van der Waals surface area contributed by atoms with Gasteiger partial charge in [-0.2, -0.15) is 0 Å². The van der Waals surface area contributed by atoms with Crippen LogP contribution >= 0.6 is 0 Å². The maximum atomic E-state index is 13.6. The number of aliphatic imine (C=N–C) groups is 1. The van der Waals surface area contributed by atoms with Gasteiger partial charge < -0.3 is 20.0 Å². The molecule has 2 aliphatic heterocycles. The highest BCUT2D eigenvalue weighted by Gasteiger charge is 2.26. The fraction of sp³-hybridized carbons (Fsp3) is 0.542. The number of nitrogens with one attached hydrogen (secondary N) is 2. The van der Waals surface area contributed by atoms with E-state index in [1.807, 2.05) is 12.1 Å². The Balaban J connectivity index is 1.33. The molecule has 0 saturated carbocycles. The van der Waals surface area contributed by atoms with E-state index in [-0.39, 0.29) is 6.04 Å². The molecule has 0 radical (unpaired) electrons. The number of hydrogen-bond donors (Lipinski definition) is 2. The molecule has 0 spiro atoms. The summed E-state index contributed by atoms with van der Waals surface area (Å²) in [6, 6.07) is 8.24. The van der Waals surface area contributed by atoms with Crippen molar-refractivity contribution >= 4 is 11.6 Å². The average Bonchev–Trinajstić information content (AvgIpc) is 3.57. The van der Waals surface area contributed by atoms with Crippen LogP contribution in [0.25, 0.3) is 0 Å². The minimum absolute atomic E-state index is 0.151. The summed E-state index contributed by atoms with van der Waals surface area (Å²) in [7, 11) is 0. The quantitative estimate of drug-likeness (QED) is 0.479. The number of guanidine groups is 1. The highest BCUT2D eigenvalue weighted by molar-refractivity contribution is 5.79. The number of likely N-dealkylation sites (tertiary alicyclic amines) is 1. The van der Waals surface area contributed by atoms with Crippen molar-refractivity contribution in [3.05, 3.63) is 54.0 Å².